The molecule has 0 unspecified atom stereocenters. The lowest BCUT2D eigenvalue weighted by atomic mass is 9.96. The molecule has 0 bridgehead atoms. The standard InChI is InChI=1S/C39H46N8O4.C37H41N7O5.C37H41N7O4S/c1-3-12-43-36(48)28-16-26(17-29(20-28)37(49)44-13-9-40)24-5-7-34-32(22-24)33-23-25(6-8-35(33)47(34)4-2)27-18-30(38(50)45-14-10-41)21-31(19-27)39(51)46-15-11-42;2*1-2-10-41-34(45)26-14-24(15-27(18-26)35(46)42-11-7-38)22-3-5-32-30(20-22)31-21-23(4-6-33(31)49-32)25-16-28(36(47)43-12-8-39)19-29(17-25)37(48)44-13-9-40/h5-8,16-23H,3-4,9-15,40-42H2,1-2H3,(H,43,48)(H,44,49)(H,45,50)(H,46,51);2*3-6,14-21H,2,7-13,38-40H2,1H3,(H,41,45)(H,42,46)(H,43,47)(H,44,48). The molecule has 3 heterocycles. The third-order valence-corrected chi connectivity index (χ3v) is 25.5. The number of amides is 12. The van der Waals surface area contributed by atoms with Crippen molar-refractivity contribution in [3.05, 3.63) is 285 Å². The highest BCUT2D eigenvalue weighted by atomic mass is 32.1. The Labute approximate surface area is 865 Å². The lowest BCUT2D eigenvalue weighted by Gasteiger charge is -2.12. The molecule has 0 aliphatic carbocycles. The molecular formula is C113H128N22O13S. The van der Waals surface area contributed by atoms with E-state index in [9.17, 15) is 57.5 Å². The van der Waals surface area contributed by atoms with Gasteiger partial charge in [0.15, 0.2) is 0 Å². The second-order valence-electron chi connectivity index (χ2n) is 35.2. The molecule has 774 valence electrons. The maximum absolute atomic E-state index is 13.1. The van der Waals surface area contributed by atoms with Gasteiger partial charge in [0.05, 0.1) is 0 Å². The summed E-state index contributed by atoms with van der Waals surface area (Å²) in [5.74, 6) is -3.72. The van der Waals surface area contributed by atoms with Gasteiger partial charge in [0.25, 0.3) is 70.9 Å². The van der Waals surface area contributed by atoms with E-state index in [-0.39, 0.29) is 117 Å². The number of nitrogens with one attached hydrogen (secondary N) is 12. The summed E-state index contributed by atoms with van der Waals surface area (Å²) in [7, 11) is 0. The average molecular weight is 2030 g/mol. The highest BCUT2D eigenvalue weighted by Crippen LogP contribution is 2.43. The van der Waals surface area contributed by atoms with Crippen LogP contribution in [0.4, 0.5) is 0 Å². The number of fused-ring (bicyclic) bond motifs is 9. The van der Waals surface area contributed by atoms with Crippen molar-refractivity contribution in [2.24, 2.45) is 51.6 Å². The summed E-state index contributed by atoms with van der Waals surface area (Å²) in [6, 6.07) is 66.3. The first-order chi connectivity index (χ1) is 72.2. The molecule has 149 heavy (non-hydrogen) atoms. The van der Waals surface area contributed by atoms with Crippen LogP contribution in [0, 0.1) is 0 Å². The smallest absolute Gasteiger partial charge is 0.251 e. The van der Waals surface area contributed by atoms with Crippen LogP contribution in [0.3, 0.4) is 0 Å². The van der Waals surface area contributed by atoms with Crippen molar-refractivity contribution in [3.8, 4) is 66.8 Å². The number of carbonyl (C=O) groups excluding carboxylic acids is 12. The zero-order valence-corrected chi connectivity index (χ0v) is 84.6. The Morgan fingerprint density at radius 1 is 0.208 bits per heavy atom. The van der Waals surface area contributed by atoms with Crippen molar-refractivity contribution in [2.45, 2.75) is 53.5 Å². The molecule has 0 atom stereocenters. The molecule has 0 radical (unpaired) electrons. The van der Waals surface area contributed by atoms with Crippen LogP contribution in [-0.2, 0) is 6.54 Å². The van der Waals surface area contributed by atoms with Gasteiger partial charge in [-0.05, 0) is 275 Å². The van der Waals surface area contributed by atoms with E-state index >= 15 is 0 Å². The van der Waals surface area contributed by atoms with Crippen LogP contribution in [0.25, 0.3) is 131 Å². The molecule has 0 aliphatic rings. The second-order valence-corrected chi connectivity index (χ2v) is 36.3. The van der Waals surface area contributed by atoms with Crippen molar-refractivity contribution < 1.29 is 62.0 Å². The Balaban J connectivity index is 0.000000186. The van der Waals surface area contributed by atoms with Gasteiger partial charge in [-0.3, -0.25) is 57.5 Å². The maximum atomic E-state index is 13.1. The lowest BCUT2D eigenvalue weighted by Crippen LogP contribution is -2.31. The number of aryl methyl sites for hydroxylation is 1. The Morgan fingerprint density at radius 3 is 0.570 bits per heavy atom. The Hall–Kier alpha value is -16.3. The van der Waals surface area contributed by atoms with Crippen LogP contribution in [0.5, 0.6) is 0 Å². The molecule has 15 aromatic rings. The monoisotopic (exact) mass is 2030 g/mol. The average Bonchev–Trinajstić information content (AvgIpc) is 1.55. The van der Waals surface area contributed by atoms with Gasteiger partial charge < -0.3 is 124 Å². The normalized spacial score (nSPS) is 11.0. The van der Waals surface area contributed by atoms with Crippen LogP contribution in [-0.4, -0.2) is 213 Å². The number of nitrogens with two attached hydrogens (primary N) is 9. The maximum Gasteiger partial charge on any atom is 0.251 e. The predicted molar refractivity (Wildman–Crippen MR) is 591 cm³/mol. The Kier molecular flexibility index (Phi) is 39.3. The number of nitrogens with zero attached hydrogens (tertiary/aromatic N) is 1. The van der Waals surface area contributed by atoms with Crippen LogP contribution in [0.1, 0.15) is 171 Å². The highest BCUT2D eigenvalue weighted by Gasteiger charge is 2.26. The van der Waals surface area contributed by atoms with Gasteiger partial charge >= 0.3 is 0 Å². The van der Waals surface area contributed by atoms with Crippen molar-refractivity contribution in [2.75, 3.05) is 137 Å². The second kappa shape index (κ2) is 53.2. The van der Waals surface area contributed by atoms with Crippen LogP contribution < -0.4 is 115 Å². The largest absolute Gasteiger partial charge is 0.456 e. The van der Waals surface area contributed by atoms with Crippen molar-refractivity contribution >= 4 is 146 Å². The van der Waals surface area contributed by atoms with E-state index in [0.717, 1.165) is 123 Å². The minimum Gasteiger partial charge on any atom is -0.456 e. The first kappa shape index (κ1) is 110. The van der Waals surface area contributed by atoms with Gasteiger partial charge in [-0.25, -0.2) is 0 Å². The fourth-order valence-electron chi connectivity index (χ4n) is 17.0. The summed E-state index contributed by atoms with van der Waals surface area (Å²) >= 11 is 1.65. The Morgan fingerprint density at radius 2 is 0.383 bits per heavy atom. The van der Waals surface area contributed by atoms with Gasteiger partial charge in [-0.1, -0.05) is 57.2 Å². The third kappa shape index (κ3) is 27.5. The van der Waals surface area contributed by atoms with E-state index in [1.54, 1.807) is 121 Å². The number of carbonyl (C=O) groups is 12. The van der Waals surface area contributed by atoms with E-state index in [4.69, 9.17) is 56.0 Å². The minimum absolute atomic E-state index is 0.252. The molecule has 36 heteroatoms. The number of furan rings is 1. The van der Waals surface area contributed by atoms with Crippen molar-refractivity contribution in [1.82, 2.24) is 68.4 Å². The molecule has 0 saturated carbocycles. The Bertz CT molecular complexity index is 6570. The SMILES string of the molecule is CCCNC(=O)c1cc(C(=O)NCCN)cc(-c2ccc3c(c2)c2cc(-c4cc(C(=O)NCCN)cc(C(=O)NCCN)c4)ccc2n3CC)c1.CCCNC(=O)c1cc(C(=O)NCCN)cc(-c2ccc3oc4ccc(-c5cc(C(=O)NCCN)cc(C(=O)NCCN)c5)cc4c3c2)c1.CCCNC(=O)c1cc(C(=O)NCCN)cc(-c2ccc3sc4ccc(-c5cc(C(=O)NCCN)cc(C(=O)NCCN)c5)cc4c3c2)c1. The third-order valence-electron chi connectivity index (χ3n) is 24.3. The quantitative estimate of drug-likeness (QED) is 0.0169. The summed E-state index contributed by atoms with van der Waals surface area (Å²) in [6.45, 7) is 15.6. The lowest BCUT2D eigenvalue weighted by molar-refractivity contribution is 0.0938. The fourth-order valence-corrected chi connectivity index (χ4v) is 18.1. The minimum atomic E-state index is -0.346. The summed E-state index contributed by atoms with van der Waals surface area (Å²) in [5.41, 5.74) is 66.9. The van der Waals surface area contributed by atoms with Gasteiger partial charge in [0, 0.05) is 263 Å². The molecule has 12 amide bonds. The topological polar surface area (TPSA) is 601 Å². The van der Waals surface area contributed by atoms with E-state index in [1.807, 2.05) is 106 Å². The van der Waals surface area contributed by atoms with Gasteiger partial charge in [-0.2, -0.15) is 0 Å². The number of hydrogen-bond donors (Lipinski definition) is 21. The molecule has 15 rings (SSSR count). The number of benzene rings is 12. The zero-order chi connectivity index (χ0) is 106. The van der Waals surface area contributed by atoms with Crippen LogP contribution >= 0.6 is 11.3 Å². The number of rotatable bonds is 43. The van der Waals surface area contributed by atoms with Gasteiger partial charge in [0.2, 0.25) is 0 Å². The molecular weight excluding hydrogens is 1910 g/mol. The van der Waals surface area contributed by atoms with E-state index < -0.39 is 0 Å². The molecule has 3 aromatic heterocycles. The molecule has 30 N–H and O–H groups in total. The first-order valence-electron chi connectivity index (χ1n) is 49.8. The summed E-state index contributed by atoms with van der Waals surface area (Å²) in [5, 5.41) is 39.3. The van der Waals surface area contributed by atoms with E-state index in [0.29, 0.717) is 192 Å². The summed E-state index contributed by atoms with van der Waals surface area (Å²) in [6.07, 6.45) is 2.34. The molecule has 0 fully saturated rings. The van der Waals surface area contributed by atoms with Crippen molar-refractivity contribution in [3.63, 3.8) is 0 Å². The summed E-state index contributed by atoms with van der Waals surface area (Å²) in [4.78, 5) is 156. The van der Waals surface area contributed by atoms with E-state index in [1.165, 1.54) is 0 Å². The van der Waals surface area contributed by atoms with Gasteiger partial charge in [0.1, 0.15) is 11.2 Å². The fraction of sp³-hybridized carbons (Fsp3) is 0.257. The van der Waals surface area contributed by atoms with Crippen LogP contribution in [0.2, 0.25) is 0 Å². The zero-order valence-electron chi connectivity index (χ0n) is 83.8. The predicted octanol–water partition coefficient (Wildman–Crippen LogP) is 10.1. The molecule has 12 aromatic carbocycles. The molecule has 35 nitrogen and oxygen atoms in total. The van der Waals surface area contributed by atoms with E-state index in [2.05, 4.69) is 99.6 Å². The number of hydrogen-bond acceptors (Lipinski definition) is 23. The van der Waals surface area contributed by atoms with Gasteiger partial charge in [-0.15, -0.1) is 11.3 Å². The number of aromatic nitrogens is 1. The van der Waals surface area contributed by atoms with Crippen molar-refractivity contribution in [1.29, 1.82) is 0 Å². The first-order valence-corrected chi connectivity index (χ1v) is 50.7. The molecule has 0 aliphatic heterocycles. The highest BCUT2D eigenvalue weighted by molar-refractivity contribution is 7.25. The van der Waals surface area contributed by atoms with Crippen LogP contribution in [0.15, 0.2) is 223 Å². The molecule has 0 saturated heterocycles. The number of thiophene rings is 1. The molecule has 0 spiro atoms. The summed E-state index contributed by atoms with van der Waals surface area (Å²) < 4.78 is 10.5.